The predicted molar refractivity (Wildman–Crippen MR) is 57.5 cm³/mol. The van der Waals surface area contributed by atoms with Crippen molar-refractivity contribution in [1.29, 1.82) is 0 Å². The van der Waals surface area contributed by atoms with Crippen molar-refractivity contribution in [3.8, 4) is 0 Å². The van der Waals surface area contributed by atoms with Gasteiger partial charge in [0.1, 0.15) is 11.9 Å². The summed E-state index contributed by atoms with van der Waals surface area (Å²) in [6.45, 7) is 2.40. The van der Waals surface area contributed by atoms with Crippen molar-refractivity contribution in [2.45, 2.75) is 37.9 Å². The summed E-state index contributed by atoms with van der Waals surface area (Å²) in [5.41, 5.74) is 0. The molecule has 0 radical (unpaired) electrons. The molecule has 1 fully saturated rings. The molecular weight excluding hydrogens is 216 g/mol. The molecule has 0 amide bonds. The van der Waals surface area contributed by atoms with Gasteiger partial charge in [-0.1, -0.05) is 13.3 Å². The van der Waals surface area contributed by atoms with Crippen LogP contribution in [0.25, 0.3) is 0 Å². The van der Waals surface area contributed by atoms with Gasteiger partial charge in [-0.2, -0.15) is 0 Å². The fraction of sp³-hybridized carbons (Fsp3) is 0.900. The highest BCUT2D eigenvalue weighted by Gasteiger charge is 2.34. The SMILES string of the molecule is CCCOCC(=O)C1CCCCS1(=O)=O. The van der Waals surface area contributed by atoms with Gasteiger partial charge in [0.05, 0.1) is 5.75 Å². The van der Waals surface area contributed by atoms with Gasteiger partial charge in [-0.25, -0.2) is 8.42 Å². The normalized spacial score (nSPS) is 25.0. The zero-order valence-corrected chi connectivity index (χ0v) is 9.88. The van der Waals surface area contributed by atoms with E-state index in [0.29, 0.717) is 19.4 Å². The maximum Gasteiger partial charge on any atom is 0.176 e. The summed E-state index contributed by atoms with van der Waals surface area (Å²) >= 11 is 0. The number of ether oxygens (including phenoxy) is 1. The molecule has 0 aliphatic carbocycles. The smallest absolute Gasteiger partial charge is 0.176 e. The lowest BCUT2D eigenvalue weighted by molar-refractivity contribution is -0.123. The van der Waals surface area contributed by atoms with E-state index in [9.17, 15) is 13.2 Å². The Labute approximate surface area is 90.9 Å². The van der Waals surface area contributed by atoms with Gasteiger partial charge < -0.3 is 4.74 Å². The molecule has 0 aromatic rings. The molecule has 1 aliphatic heterocycles. The summed E-state index contributed by atoms with van der Waals surface area (Å²) in [6, 6.07) is 0. The van der Waals surface area contributed by atoms with Crippen LogP contribution in [0.1, 0.15) is 32.6 Å². The lowest BCUT2D eigenvalue weighted by Gasteiger charge is -2.20. The molecule has 1 saturated heterocycles. The van der Waals surface area contributed by atoms with Gasteiger partial charge in [0.2, 0.25) is 0 Å². The third kappa shape index (κ3) is 3.57. The van der Waals surface area contributed by atoms with Crippen molar-refractivity contribution < 1.29 is 17.9 Å². The lowest BCUT2D eigenvalue weighted by Crippen LogP contribution is -2.37. The number of Topliss-reactive ketones (excluding diaryl/α,β-unsaturated/α-hetero) is 1. The van der Waals surface area contributed by atoms with Gasteiger partial charge in [0.25, 0.3) is 0 Å². The standard InChI is InChI=1S/C10H18O4S/c1-2-6-14-8-9(11)10-5-3-4-7-15(10,12)13/h10H,2-8H2,1H3. The Morgan fingerprint density at radius 3 is 2.73 bits per heavy atom. The minimum absolute atomic E-state index is 0.0578. The summed E-state index contributed by atoms with van der Waals surface area (Å²) in [4.78, 5) is 11.6. The fourth-order valence-corrected chi connectivity index (χ4v) is 3.61. The van der Waals surface area contributed by atoms with Crippen molar-refractivity contribution in [2.75, 3.05) is 19.0 Å². The number of carbonyl (C=O) groups excluding carboxylic acids is 1. The molecule has 1 aliphatic rings. The maximum atomic E-state index is 11.6. The van der Waals surface area contributed by atoms with Crippen LogP contribution in [0.3, 0.4) is 0 Å². The highest BCUT2D eigenvalue weighted by molar-refractivity contribution is 7.92. The number of hydrogen-bond acceptors (Lipinski definition) is 4. The lowest BCUT2D eigenvalue weighted by atomic mass is 10.1. The topological polar surface area (TPSA) is 60.4 Å². The third-order valence-electron chi connectivity index (χ3n) is 2.53. The molecule has 4 nitrogen and oxygen atoms in total. The first-order chi connectivity index (χ1) is 7.08. The van der Waals surface area contributed by atoms with Crippen molar-refractivity contribution in [3.05, 3.63) is 0 Å². The van der Waals surface area contributed by atoms with E-state index in [1.165, 1.54) is 0 Å². The average molecular weight is 234 g/mol. The Morgan fingerprint density at radius 1 is 1.40 bits per heavy atom. The molecule has 0 N–H and O–H groups in total. The Balaban J connectivity index is 2.50. The van der Waals surface area contributed by atoms with Gasteiger partial charge >= 0.3 is 0 Å². The second kappa shape index (κ2) is 5.61. The summed E-state index contributed by atoms with van der Waals surface area (Å²) in [5, 5.41) is -0.803. The number of sulfone groups is 1. The van der Waals surface area contributed by atoms with Crippen LogP contribution in [-0.4, -0.2) is 38.4 Å². The molecule has 15 heavy (non-hydrogen) atoms. The number of carbonyl (C=O) groups is 1. The molecule has 1 heterocycles. The summed E-state index contributed by atoms with van der Waals surface area (Å²) < 4.78 is 28.2. The van der Waals surface area contributed by atoms with Crippen LogP contribution in [0.5, 0.6) is 0 Å². The Bertz CT molecular complexity index is 307. The first-order valence-electron chi connectivity index (χ1n) is 5.40. The van der Waals surface area contributed by atoms with E-state index in [-0.39, 0.29) is 18.1 Å². The summed E-state index contributed by atoms with van der Waals surface area (Å²) in [6.07, 6.45) is 2.81. The molecule has 5 heteroatoms. The molecule has 1 unspecified atom stereocenters. The van der Waals surface area contributed by atoms with Crippen LogP contribution in [0.4, 0.5) is 0 Å². The van der Waals surface area contributed by atoms with E-state index in [1.807, 2.05) is 6.92 Å². The van der Waals surface area contributed by atoms with Crippen molar-refractivity contribution >= 4 is 15.6 Å². The third-order valence-corrected chi connectivity index (χ3v) is 4.75. The maximum absolute atomic E-state index is 11.6. The number of rotatable bonds is 5. The number of ketones is 1. The zero-order valence-electron chi connectivity index (χ0n) is 9.07. The van der Waals surface area contributed by atoms with E-state index in [1.54, 1.807) is 0 Å². The zero-order chi connectivity index (χ0) is 11.3. The molecule has 88 valence electrons. The molecule has 1 atom stereocenters. The van der Waals surface area contributed by atoms with E-state index in [0.717, 1.165) is 12.8 Å². The van der Waals surface area contributed by atoms with Gasteiger partial charge in [-0.05, 0) is 19.3 Å². The van der Waals surface area contributed by atoms with Crippen LogP contribution in [0.2, 0.25) is 0 Å². The summed E-state index contributed by atoms with van der Waals surface area (Å²) in [7, 11) is -3.19. The second-order valence-corrected chi connectivity index (χ2v) is 6.17. The minimum atomic E-state index is -3.19. The van der Waals surface area contributed by atoms with Crippen molar-refractivity contribution in [1.82, 2.24) is 0 Å². The van der Waals surface area contributed by atoms with Crippen LogP contribution < -0.4 is 0 Å². The Kier molecular flexibility index (Phi) is 4.73. The van der Waals surface area contributed by atoms with Crippen LogP contribution >= 0.6 is 0 Å². The van der Waals surface area contributed by atoms with Crippen molar-refractivity contribution in [3.63, 3.8) is 0 Å². The molecule has 0 saturated carbocycles. The predicted octanol–water partition coefficient (Wildman–Crippen LogP) is 0.949. The largest absolute Gasteiger partial charge is 0.374 e. The van der Waals surface area contributed by atoms with E-state index in [2.05, 4.69) is 0 Å². The van der Waals surface area contributed by atoms with E-state index < -0.39 is 15.1 Å². The summed E-state index contributed by atoms with van der Waals surface area (Å²) in [5.74, 6) is -0.125. The second-order valence-electron chi connectivity index (χ2n) is 3.87. The molecule has 0 spiro atoms. The minimum Gasteiger partial charge on any atom is -0.374 e. The van der Waals surface area contributed by atoms with Crippen molar-refractivity contribution in [2.24, 2.45) is 0 Å². The average Bonchev–Trinajstić information content (AvgIpc) is 2.17. The fourth-order valence-electron chi connectivity index (χ4n) is 1.73. The Morgan fingerprint density at radius 2 is 2.13 bits per heavy atom. The molecule has 0 bridgehead atoms. The monoisotopic (exact) mass is 234 g/mol. The van der Waals surface area contributed by atoms with Crippen LogP contribution in [0, 0.1) is 0 Å². The first kappa shape index (κ1) is 12.6. The van der Waals surface area contributed by atoms with E-state index >= 15 is 0 Å². The highest BCUT2D eigenvalue weighted by atomic mass is 32.2. The number of hydrogen-bond donors (Lipinski definition) is 0. The molecule has 0 aromatic carbocycles. The highest BCUT2D eigenvalue weighted by Crippen LogP contribution is 2.20. The van der Waals surface area contributed by atoms with Gasteiger partial charge in [0, 0.05) is 6.61 Å². The van der Waals surface area contributed by atoms with Crippen LogP contribution in [0.15, 0.2) is 0 Å². The molecule has 0 aromatic heterocycles. The quantitative estimate of drug-likeness (QED) is 0.664. The van der Waals surface area contributed by atoms with Crippen LogP contribution in [-0.2, 0) is 19.4 Å². The Hall–Kier alpha value is -0.420. The molecule has 1 rings (SSSR count). The van der Waals surface area contributed by atoms with E-state index in [4.69, 9.17) is 4.74 Å². The van der Waals surface area contributed by atoms with Gasteiger partial charge in [-0.15, -0.1) is 0 Å². The molecular formula is C10H18O4S. The van der Waals surface area contributed by atoms with Gasteiger partial charge in [0.15, 0.2) is 15.6 Å². The first-order valence-corrected chi connectivity index (χ1v) is 7.11. The van der Waals surface area contributed by atoms with Gasteiger partial charge in [-0.3, -0.25) is 4.79 Å².